The first-order valence-electron chi connectivity index (χ1n) is 12.4. The third-order valence-electron chi connectivity index (χ3n) is 7.90. The maximum Gasteiger partial charge on any atom is 0.417 e. The minimum absolute atomic E-state index is 0.103. The smallest absolute Gasteiger partial charge is 0.274 e. The summed E-state index contributed by atoms with van der Waals surface area (Å²) in [6, 6.07) is 19.5. The molecule has 0 radical (unpaired) electrons. The third-order valence-corrected chi connectivity index (χ3v) is 8.23. The van der Waals surface area contributed by atoms with Gasteiger partial charge in [0.15, 0.2) is 0 Å². The number of nitrogens with zero attached hydrogens (tertiary/aromatic N) is 1. The fourth-order valence-corrected chi connectivity index (χ4v) is 6.39. The first-order valence-corrected chi connectivity index (χ1v) is 12.7. The van der Waals surface area contributed by atoms with E-state index < -0.39 is 40.4 Å². The predicted molar refractivity (Wildman–Crippen MR) is 140 cm³/mol. The Bertz CT molecular complexity index is 1460. The van der Waals surface area contributed by atoms with Crippen LogP contribution in [0.15, 0.2) is 84.5 Å². The fourth-order valence-electron chi connectivity index (χ4n) is 6.16. The minimum Gasteiger partial charge on any atom is -0.274 e. The van der Waals surface area contributed by atoms with E-state index in [1.54, 1.807) is 0 Å². The second-order valence-electron chi connectivity index (χ2n) is 10.2. The molecule has 0 aromatic heterocycles. The minimum atomic E-state index is -4.71. The van der Waals surface area contributed by atoms with Crippen LogP contribution < -0.4 is 4.90 Å². The highest BCUT2D eigenvalue weighted by Gasteiger charge is 2.62. The molecule has 2 aliphatic carbocycles. The van der Waals surface area contributed by atoms with Crippen LogP contribution in [-0.4, -0.2) is 11.8 Å². The van der Waals surface area contributed by atoms with Gasteiger partial charge in [0.05, 0.1) is 28.1 Å². The molecule has 0 spiro atoms. The first kappa shape index (κ1) is 24.7. The highest BCUT2D eigenvalue weighted by Crippen LogP contribution is 2.59. The average molecular weight is 534 g/mol. The molecule has 2 amide bonds. The maximum absolute atomic E-state index is 13.7. The number of benzene rings is 3. The van der Waals surface area contributed by atoms with Crippen LogP contribution in [0.3, 0.4) is 0 Å². The van der Waals surface area contributed by atoms with Gasteiger partial charge in [0.25, 0.3) is 0 Å². The van der Waals surface area contributed by atoms with E-state index in [9.17, 15) is 22.8 Å². The van der Waals surface area contributed by atoms with Crippen molar-refractivity contribution < 1.29 is 22.8 Å². The van der Waals surface area contributed by atoms with Gasteiger partial charge < -0.3 is 0 Å². The number of aryl methyl sites for hydroxylation is 2. The molecule has 1 saturated carbocycles. The molecular weight excluding hydrogens is 511 g/mol. The number of carbonyl (C=O) groups excluding carboxylic acids is 2. The lowest BCUT2D eigenvalue weighted by molar-refractivity contribution is -0.137. The molecule has 2 bridgehead atoms. The first-order chi connectivity index (χ1) is 18.1. The van der Waals surface area contributed by atoms with E-state index in [4.69, 9.17) is 11.6 Å². The zero-order valence-corrected chi connectivity index (χ0v) is 21.3. The summed E-state index contributed by atoms with van der Waals surface area (Å²) >= 11 is 5.78. The molecule has 2 fully saturated rings. The lowest BCUT2D eigenvalue weighted by atomic mass is 9.85. The molecular formula is C31H23ClF3NO2. The van der Waals surface area contributed by atoms with Crippen molar-refractivity contribution in [1.29, 1.82) is 0 Å². The van der Waals surface area contributed by atoms with E-state index in [1.165, 1.54) is 6.07 Å². The number of alkyl halides is 3. The van der Waals surface area contributed by atoms with Gasteiger partial charge in [0.2, 0.25) is 11.8 Å². The van der Waals surface area contributed by atoms with Crippen LogP contribution in [0.4, 0.5) is 18.9 Å². The van der Waals surface area contributed by atoms with Crippen LogP contribution in [0.1, 0.15) is 27.8 Å². The summed E-state index contributed by atoms with van der Waals surface area (Å²) in [5.41, 5.74) is 5.07. The van der Waals surface area contributed by atoms with Crippen molar-refractivity contribution in [1.82, 2.24) is 0 Å². The van der Waals surface area contributed by atoms with Crippen molar-refractivity contribution in [3.05, 3.63) is 117 Å². The van der Waals surface area contributed by atoms with Crippen molar-refractivity contribution in [3.63, 3.8) is 0 Å². The van der Waals surface area contributed by atoms with Crippen LogP contribution in [0.5, 0.6) is 0 Å². The van der Waals surface area contributed by atoms with E-state index in [-0.39, 0.29) is 17.5 Å². The molecule has 6 rings (SSSR count). The van der Waals surface area contributed by atoms with E-state index in [0.717, 1.165) is 50.4 Å². The number of carbonyl (C=O) groups is 2. The number of hydrogen-bond acceptors (Lipinski definition) is 2. The number of fused-ring (bicyclic) bond motifs is 5. The molecule has 0 N–H and O–H groups in total. The van der Waals surface area contributed by atoms with Gasteiger partial charge in [-0.1, -0.05) is 83.4 Å². The van der Waals surface area contributed by atoms with Crippen LogP contribution >= 0.6 is 11.6 Å². The van der Waals surface area contributed by atoms with Gasteiger partial charge in [-0.25, -0.2) is 4.90 Å². The quantitative estimate of drug-likeness (QED) is 0.260. The molecule has 192 valence electrons. The number of hydrogen-bond donors (Lipinski definition) is 0. The summed E-state index contributed by atoms with van der Waals surface area (Å²) in [7, 11) is 0. The van der Waals surface area contributed by atoms with Gasteiger partial charge >= 0.3 is 6.18 Å². The zero-order valence-electron chi connectivity index (χ0n) is 20.6. The second-order valence-corrected chi connectivity index (χ2v) is 10.6. The summed E-state index contributed by atoms with van der Waals surface area (Å²) in [6.45, 7) is 4.03. The Morgan fingerprint density at radius 1 is 0.763 bits per heavy atom. The molecule has 3 nitrogen and oxygen atoms in total. The summed E-state index contributed by atoms with van der Waals surface area (Å²) in [5, 5.41) is -0.478. The average Bonchev–Trinajstić information content (AvgIpc) is 3.50. The molecule has 3 aliphatic rings. The van der Waals surface area contributed by atoms with Gasteiger partial charge in [-0.3, -0.25) is 9.59 Å². The molecule has 1 heterocycles. The predicted octanol–water partition coefficient (Wildman–Crippen LogP) is 7.40. The van der Waals surface area contributed by atoms with Crippen molar-refractivity contribution in [3.8, 4) is 0 Å². The number of rotatable bonds is 3. The molecule has 3 aromatic rings. The Labute approximate surface area is 223 Å². The largest absolute Gasteiger partial charge is 0.417 e. The van der Waals surface area contributed by atoms with Crippen molar-refractivity contribution >= 4 is 34.7 Å². The van der Waals surface area contributed by atoms with Gasteiger partial charge in [0.1, 0.15) is 0 Å². The Balaban J connectivity index is 1.46. The maximum atomic E-state index is 13.7. The van der Waals surface area contributed by atoms with Gasteiger partial charge in [-0.2, -0.15) is 13.2 Å². The van der Waals surface area contributed by atoms with Gasteiger partial charge in [-0.05, 0) is 54.3 Å². The molecule has 3 aromatic carbocycles. The molecule has 4 atom stereocenters. The SMILES string of the molecule is Cc1ccc(C(=C2[C@H]3C=C[C@H]2[C@H]2C(=O)N(c4ccc(Cl)c(C(F)(F)F)c4)C(=O)[C@H]23)c2ccc(C)cc2)cc1. The number of halogens is 4. The van der Waals surface area contributed by atoms with E-state index >= 15 is 0 Å². The number of allylic oxidation sites excluding steroid dienone is 3. The zero-order chi connectivity index (χ0) is 26.9. The molecule has 1 aliphatic heterocycles. The Kier molecular flexibility index (Phi) is 5.65. The molecule has 7 heteroatoms. The van der Waals surface area contributed by atoms with Crippen molar-refractivity contribution in [2.45, 2.75) is 20.0 Å². The van der Waals surface area contributed by atoms with Crippen molar-refractivity contribution in [2.24, 2.45) is 23.7 Å². The van der Waals surface area contributed by atoms with Crippen LogP contribution in [-0.2, 0) is 15.8 Å². The van der Waals surface area contributed by atoms with Gasteiger partial charge in [0, 0.05) is 11.8 Å². The van der Waals surface area contributed by atoms with Crippen LogP contribution in [0, 0.1) is 37.5 Å². The third kappa shape index (κ3) is 3.73. The standard InChI is InChI=1S/C31H23ClF3NO2/c1-16-3-7-18(8-4-16)25(19-9-5-17(2)6-10-19)26-21-12-13-22(26)28-27(21)29(37)36(30(28)38)20-11-14-24(32)23(15-20)31(33,34)35/h3-15,21-22,27-28H,1-2H3/t21-,22-,27-,28+/m1/s1. The Morgan fingerprint density at radius 2 is 1.24 bits per heavy atom. The summed E-state index contributed by atoms with van der Waals surface area (Å²) < 4.78 is 40.5. The summed E-state index contributed by atoms with van der Waals surface area (Å²) in [6.07, 6.45) is -0.759. The monoisotopic (exact) mass is 533 g/mol. The Morgan fingerprint density at radius 3 is 1.68 bits per heavy atom. The number of amides is 2. The second kappa shape index (κ2) is 8.70. The topological polar surface area (TPSA) is 37.4 Å². The van der Waals surface area contributed by atoms with Crippen LogP contribution in [0.2, 0.25) is 5.02 Å². The van der Waals surface area contributed by atoms with E-state index in [2.05, 4.69) is 0 Å². The number of anilines is 1. The molecule has 1 saturated heterocycles. The molecule has 38 heavy (non-hydrogen) atoms. The Hall–Kier alpha value is -3.64. The lowest BCUT2D eigenvalue weighted by Gasteiger charge is -2.22. The highest BCUT2D eigenvalue weighted by atomic mass is 35.5. The summed E-state index contributed by atoms with van der Waals surface area (Å²) in [5.74, 6) is -2.92. The highest BCUT2D eigenvalue weighted by molar-refractivity contribution is 6.31. The van der Waals surface area contributed by atoms with Gasteiger partial charge in [-0.15, -0.1) is 0 Å². The number of imide groups is 1. The van der Waals surface area contributed by atoms with E-state index in [1.807, 2.05) is 74.5 Å². The summed E-state index contributed by atoms with van der Waals surface area (Å²) in [4.78, 5) is 28.3. The normalized spacial score (nSPS) is 23.9. The van der Waals surface area contributed by atoms with Crippen LogP contribution in [0.25, 0.3) is 5.57 Å². The molecule has 0 unspecified atom stereocenters. The fraction of sp³-hybridized carbons (Fsp3) is 0.226. The van der Waals surface area contributed by atoms with Crippen molar-refractivity contribution in [2.75, 3.05) is 4.90 Å². The van der Waals surface area contributed by atoms with E-state index in [0.29, 0.717) is 0 Å². The lowest BCUT2D eigenvalue weighted by Crippen LogP contribution is -2.33.